The molecule has 1 aromatic heterocycles. The van der Waals surface area contributed by atoms with E-state index in [1.807, 2.05) is 31.2 Å². The third-order valence-electron chi connectivity index (χ3n) is 2.47. The molecule has 0 radical (unpaired) electrons. The molecule has 0 amide bonds. The molecule has 0 aliphatic heterocycles. The molecule has 0 aliphatic rings. The van der Waals surface area contributed by atoms with E-state index in [-0.39, 0.29) is 0 Å². The summed E-state index contributed by atoms with van der Waals surface area (Å²) in [5.41, 5.74) is 2.86. The average Bonchev–Trinajstić information content (AvgIpc) is 2.38. The first kappa shape index (κ1) is 11.4. The Kier molecular flexibility index (Phi) is 3.23. The van der Waals surface area contributed by atoms with E-state index >= 15 is 0 Å². The van der Waals surface area contributed by atoms with E-state index in [0.29, 0.717) is 11.5 Å². The predicted molar refractivity (Wildman–Crippen MR) is 65.3 cm³/mol. The van der Waals surface area contributed by atoms with E-state index in [2.05, 4.69) is 10.2 Å². The van der Waals surface area contributed by atoms with Gasteiger partial charge in [0.05, 0.1) is 26.1 Å². The zero-order chi connectivity index (χ0) is 12.3. The molecule has 88 valence electrons. The molecule has 0 bridgehead atoms. The Bertz CT molecular complexity index is 527. The average molecular weight is 230 g/mol. The Morgan fingerprint density at radius 1 is 1.00 bits per heavy atom. The van der Waals surface area contributed by atoms with Crippen molar-refractivity contribution in [2.75, 3.05) is 14.2 Å². The number of ether oxygens (including phenoxy) is 2. The number of rotatable bonds is 3. The largest absolute Gasteiger partial charge is 0.493 e. The second kappa shape index (κ2) is 4.82. The van der Waals surface area contributed by atoms with Crippen molar-refractivity contribution in [2.45, 2.75) is 6.92 Å². The number of hydrogen-bond donors (Lipinski definition) is 0. The fourth-order valence-corrected chi connectivity index (χ4v) is 1.60. The zero-order valence-electron chi connectivity index (χ0n) is 10.1. The van der Waals surface area contributed by atoms with E-state index in [0.717, 1.165) is 16.8 Å². The minimum atomic E-state index is 0.688. The summed E-state index contributed by atoms with van der Waals surface area (Å²) in [7, 11) is 3.23. The van der Waals surface area contributed by atoms with Crippen LogP contribution in [-0.2, 0) is 0 Å². The van der Waals surface area contributed by atoms with Crippen LogP contribution >= 0.6 is 0 Å². The van der Waals surface area contributed by atoms with Gasteiger partial charge in [-0.2, -0.15) is 10.2 Å². The molecule has 2 aromatic rings. The van der Waals surface area contributed by atoms with Gasteiger partial charge in [0.2, 0.25) is 0 Å². The van der Waals surface area contributed by atoms with Crippen LogP contribution in [0.4, 0.5) is 0 Å². The van der Waals surface area contributed by atoms with Crippen molar-refractivity contribution >= 4 is 0 Å². The Hall–Kier alpha value is -2.10. The van der Waals surface area contributed by atoms with Crippen LogP contribution in [-0.4, -0.2) is 24.4 Å². The molecule has 0 aliphatic carbocycles. The molecule has 0 atom stereocenters. The maximum Gasteiger partial charge on any atom is 0.161 e. The van der Waals surface area contributed by atoms with Crippen molar-refractivity contribution in [3.05, 3.63) is 36.0 Å². The highest BCUT2D eigenvalue weighted by atomic mass is 16.5. The van der Waals surface area contributed by atoms with Crippen LogP contribution in [0.5, 0.6) is 11.5 Å². The van der Waals surface area contributed by atoms with Crippen molar-refractivity contribution in [2.24, 2.45) is 0 Å². The fraction of sp³-hybridized carbons (Fsp3) is 0.231. The van der Waals surface area contributed by atoms with Crippen molar-refractivity contribution in [3.8, 4) is 22.8 Å². The summed E-state index contributed by atoms with van der Waals surface area (Å²) in [5, 5.41) is 8.03. The Labute approximate surface area is 100 Å². The van der Waals surface area contributed by atoms with Crippen LogP contribution in [0.15, 0.2) is 30.5 Å². The Morgan fingerprint density at radius 2 is 1.76 bits per heavy atom. The van der Waals surface area contributed by atoms with Gasteiger partial charge in [-0.15, -0.1) is 0 Å². The molecule has 0 spiro atoms. The smallest absolute Gasteiger partial charge is 0.161 e. The maximum atomic E-state index is 5.26. The molecule has 1 heterocycles. The number of methoxy groups -OCH3 is 2. The number of benzene rings is 1. The van der Waals surface area contributed by atoms with Crippen molar-refractivity contribution in [1.29, 1.82) is 0 Å². The van der Waals surface area contributed by atoms with E-state index in [4.69, 9.17) is 9.47 Å². The summed E-state index contributed by atoms with van der Waals surface area (Å²) in [5.74, 6) is 1.39. The van der Waals surface area contributed by atoms with E-state index in [1.54, 1.807) is 20.4 Å². The lowest BCUT2D eigenvalue weighted by molar-refractivity contribution is 0.355. The number of nitrogens with zero attached hydrogens (tertiary/aromatic N) is 2. The van der Waals surface area contributed by atoms with Gasteiger partial charge in [-0.1, -0.05) is 0 Å². The summed E-state index contributed by atoms with van der Waals surface area (Å²) in [6, 6.07) is 7.67. The first-order valence-electron chi connectivity index (χ1n) is 5.26. The van der Waals surface area contributed by atoms with Crippen LogP contribution in [0.2, 0.25) is 0 Å². The van der Waals surface area contributed by atoms with Gasteiger partial charge in [0, 0.05) is 5.56 Å². The van der Waals surface area contributed by atoms with E-state index < -0.39 is 0 Å². The first-order chi connectivity index (χ1) is 8.24. The Balaban J connectivity index is 2.46. The lowest BCUT2D eigenvalue weighted by Crippen LogP contribution is -1.93. The molecule has 1 aromatic carbocycles. The van der Waals surface area contributed by atoms with Gasteiger partial charge in [0.25, 0.3) is 0 Å². The molecule has 4 nitrogen and oxygen atoms in total. The van der Waals surface area contributed by atoms with Gasteiger partial charge in [-0.05, 0) is 36.8 Å². The van der Waals surface area contributed by atoms with Gasteiger partial charge in [0.15, 0.2) is 11.5 Å². The third kappa shape index (κ3) is 2.36. The SMILES string of the molecule is COc1ccc(-c2cc(C)cnn2)cc1OC. The molecule has 17 heavy (non-hydrogen) atoms. The van der Waals surface area contributed by atoms with Crippen LogP contribution in [0, 0.1) is 6.92 Å². The molecule has 0 unspecified atom stereocenters. The second-order valence-electron chi connectivity index (χ2n) is 3.69. The normalized spacial score (nSPS) is 10.1. The predicted octanol–water partition coefficient (Wildman–Crippen LogP) is 2.47. The van der Waals surface area contributed by atoms with Crippen molar-refractivity contribution < 1.29 is 9.47 Å². The minimum Gasteiger partial charge on any atom is -0.493 e. The summed E-state index contributed by atoms with van der Waals surface area (Å²) < 4.78 is 10.4. The van der Waals surface area contributed by atoms with Crippen LogP contribution < -0.4 is 9.47 Å². The molecule has 0 saturated heterocycles. The van der Waals surface area contributed by atoms with E-state index in [9.17, 15) is 0 Å². The number of hydrogen-bond acceptors (Lipinski definition) is 4. The van der Waals surface area contributed by atoms with Crippen LogP contribution in [0.3, 0.4) is 0 Å². The second-order valence-corrected chi connectivity index (χ2v) is 3.69. The molecular weight excluding hydrogens is 216 g/mol. The molecule has 4 heteroatoms. The van der Waals surface area contributed by atoms with Gasteiger partial charge in [-0.25, -0.2) is 0 Å². The summed E-state index contributed by atoms with van der Waals surface area (Å²) >= 11 is 0. The molecular formula is C13H14N2O2. The molecule has 0 fully saturated rings. The van der Waals surface area contributed by atoms with Crippen molar-refractivity contribution in [1.82, 2.24) is 10.2 Å². The maximum absolute atomic E-state index is 5.26. The molecule has 0 N–H and O–H groups in total. The summed E-state index contributed by atoms with van der Waals surface area (Å²) in [4.78, 5) is 0. The fourth-order valence-electron chi connectivity index (χ4n) is 1.60. The number of aromatic nitrogens is 2. The van der Waals surface area contributed by atoms with Gasteiger partial charge in [0.1, 0.15) is 0 Å². The summed E-state index contributed by atoms with van der Waals surface area (Å²) in [6.07, 6.45) is 1.73. The van der Waals surface area contributed by atoms with E-state index in [1.165, 1.54) is 0 Å². The highest BCUT2D eigenvalue weighted by Gasteiger charge is 2.07. The lowest BCUT2D eigenvalue weighted by Gasteiger charge is -2.09. The first-order valence-corrected chi connectivity index (χ1v) is 5.26. The van der Waals surface area contributed by atoms with Crippen LogP contribution in [0.1, 0.15) is 5.56 Å². The Morgan fingerprint density at radius 3 is 2.41 bits per heavy atom. The number of aryl methyl sites for hydroxylation is 1. The molecule has 0 saturated carbocycles. The summed E-state index contributed by atoms with van der Waals surface area (Å²) in [6.45, 7) is 1.99. The lowest BCUT2D eigenvalue weighted by atomic mass is 10.1. The molecule has 2 rings (SSSR count). The highest BCUT2D eigenvalue weighted by molar-refractivity contribution is 5.63. The monoisotopic (exact) mass is 230 g/mol. The van der Waals surface area contributed by atoms with Gasteiger partial charge >= 0.3 is 0 Å². The van der Waals surface area contributed by atoms with Crippen molar-refractivity contribution in [3.63, 3.8) is 0 Å². The van der Waals surface area contributed by atoms with Crippen LogP contribution in [0.25, 0.3) is 11.3 Å². The minimum absolute atomic E-state index is 0.688. The van der Waals surface area contributed by atoms with Gasteiger partial charge in [-0.3, -0.25) is 0 Å². The van der Waals surface area contributed by atoms with Gasteiger partial charge < -0.3 is 9.47 Å². The third-order valence-corrected chi connectivity index (χ3v) is 2.47. The quantitative estimate of drug-likeness (QED) is 0.812. The standard InChI is InChI=1S/C13H14N2O2/c1-9-6-11(15-14-8-9)10-4-5-12(16-2)13(7-10)17-3/h4-8H,1-3H3. The zero-order valence-corrected chi connectivity index (χ0v) is 10.1. The topological polar surface area (TPSA) is 44.2 Å². The highest BCUT2D eigenvalue weighted by Crippen LogP contribution is 2.31.